The number of likely N-dealkylation sites (N-methyl/N-ethyl adjacent to an activating group) is 1. The molecular formula is C14H27N3O2. The maximum atomic E-state index is 11.8. The minimum Gasteiger partial charge on any atom is -0.374 e. The average Bonchev–Trinajstić information content (AvgIpc) is 2.96. The Bertz CT molecular complexity index is 280. The van der Waals surface area contributed by atoms with Crippen LogP contribution in [0.4, 0.5) is 0 Å². The van der Waals surface area contributed by atoms with Crippen molar-refractivity contribution in [1.82, 2.24) is 15.5 Å². The van der Waals surface area contributed by atoms with Crippen LogP contribution in [0.15, 0.2) is 0 Å². The van der Waals surface area contributed by atoms with E-state index in [1.165, 1.54) is 6.42 Å². The zero-order chi connectivity index (χ0) is 13.5. The number of morpholine rings is 1. The van der Waals surface area contributed by atoms with Crippen LogP contribution in [0.5, 0.6) is 0 Å². The fourth-order valence-electron chi connectivity index (χ4n) is 2.80. The van der Waals surface area contributed by atoms with Gasteiger partial charge >= 0.3 is 0 Å². The Morgan fingerprint density at radius 3 is 3.16 bits per heavy atom. The molecule has 2 atom stereocenters. The maximum absolute atomic E-state index is 11.8. The SMILES string of the molecule is CCN1CCOC(CNC(=O)CCC2CCNC2)C1. The predicted octanol–water partition coefficient (Wildman–Crippen LogP) is 0.213. The third-order valence-corrected chi connectivity index (χ3v) is 4.14. The summed E-state index contributed by atoms with van der Waals surface area (Å²) in [6, 6.07) is 0. The van der Waals surface area contributed by atoms with Gasteiger partial charge in [0.25, 0.3) is 0 Å². The Morgan fingerprint density at radius 2 is 2.42 bits per heavy atom. The lowest BCUT2D eigenvalue weighted by molar-refractivity contribution is -0.122. The van der Waals surface area contributed by atoms with Crippen molar-refractivity contribution in [2.24, 2.45) is 5.92 Å². The van der Waals surface area contributed by atoms with E-state index in [0.29, 0.717) is 18.9 Å². The zero-order valence-electron chi connectivity index (χ0n) is 12.0. The molecule has 2 aliphatic rings. The molecule has 1 amide bonds. The lowest BCUT2D eigenvalue weighted by Crippen LogP contribution is -2.47. The van der Waals surface area contributed by atoms with Crippen molar-refractivity contribution in [3.8, 4) is 0 Å². The summed E-state index contributed by atoms with van der Waals surface area (Å²) in [5.74, 6) is 0.858. The van der Waals surface area contributed by atoms with Crippen molar-refractivity contribution < 1.29 is 9.53 Å². The number of nitrogens with one attached hydrogen (secondary N) is 2. The van der Waals surface area contributed by atoms with Gasteiger partial charge in [0.1, 0.15) is 0 Å². The molecule has 110 valence electrons. The van der Waals surface area contributed by atoms with Gasteiger partial charge < -0.3 is 15.4 Å². The molecule has 2 N–H and O–H groups in total. The highest BCUT2D eigenvalue weighted by molar-refractivity contribution is 5.75. The Morgan fingerprint density at radius 1 is 1.53 bits per heavy atom. The second kappa shape index (κ2) is 7.82. The summed E-state index contributed by atoms with van der Waals surface area (Å²) in [5.41, 5.74) is 0. The van der Waals surface area contributed by atoms with Crippen molar-refractivity contribution in [3.63, 3.8) is 0 Å². The van der Waals surface area contributed by atoms with Crippen molar-refractivity contribution >= 4 is 5.91 Å². The molecule has 5 heteroatoms. The summed E-state index contributed by atoms with van der Waals surface area (Å²) >= 11 is 0. The number of hydrogen-bond acceptors (Lipinski definition) is 4. The van der Waals surface area contributed by atoms with Crippen LogP contribution in [-0.2, 0) is 9.53 Å². The van der Waals surface area contributed by atoms with E-state index in [2.05, 4.69) is 22.5 Å². The molecule has 0 spiro atoms. The van der Waals surface area contributed by atoms with E-state index in [0.717, 1.165) is 45.8 Å². The Kier molecular flexibility index (Phi) is 6.07. The van der Waals surface area contributed by atoms with Gasteiger partial charge in [-0.1, -0.05) is 6.92 Å². The predicted molar refractivity (Wildman–Crippen MR) is 75.1 cm³/mol. The topological polar surface area (TPSA) is 53.6 Å². The molecule has 0 bridgehead atoms. The summed E-state index contributed by atoms with van der Waals surface area (Å²) in [4.78, 5) is 14.2. The molecule has 19 heavy (non-hydrogen) atoms. The number of hydrogen-bond donors (Lipinski definition) is 2. The molecule has 0 saturated carbocycles. The van der Waals surface area contributed by atoms with Gasteiger partial charge in [0.05, 0.1) is 12.7 Å². The smallest absolute Gasteiger partial charge is 0.220 e. The van der Waals surface area contributed by atoms with Gasteiger partial charge in [0, 0.05) is 26.1 Å². The maximum Gasteiger partial charge on any atom is 0.220 e. The third-order valence-electron chi connectivity index (χ3n) is 4.14. The molecule has 5 nitrogen and oxygen atoms in total. The highest BCUT2D eigenvalue weighted by Gasteiger charge is 2.20. The highest BCUT2D eigenvalue weighted by Crippen LogP contribution is 2.14. The van der Waals surface area contributed by atoms with Crippen molar-refractivity contribution in [2.45, 2.75) is 32.3 Å². The van der Waals surface area contributed by atoms with E-state index < -0.39 is 0 Å². The van der Waals surface area contributed by atoms with Gasteiger partial charge in [-0.25, -0.2) is 0 Å². The lowest BCUT2D eigenvalue weighted by atomic mass is 10.0. The second-order valence-corrected chi connectivity index (χ2v) is 5.59. The van der Waals surface area contributed by atoms with Crippen LogP contribution in [0.3, 0.4) is 0 Å². The monoisotopic (exact) mass is 269 g/mol. The first-order valence-corrected chi connectivity index (χ1v) is 7.59. The number of carbonyl (C=O) groups is 1. The molecule has 0 aromatic heterocycles. The van der Waals surface area contributed by atoms with Crippen molar-refractivity contribution in [2.75, 3.05) is 45.9 Å². The molecular weight excluding hydrogens is 242 g/mol. The molecule has 0 aromatic rings. The summed E-state index contributed by atoms with van der Waals surface area (Å²) in [6.45, 7) is 8.78. The third kappa shape index (κ3) is 5.09. The molecule has 0 radical (unpaired) electrons. The molecule has 2 unspecified atom stereocenters. The van der Waals surface area contributed by atoms with Gasteiger partial charge in [-0.2, -0.15) is 0 Å². The van der Waals surface area contributed by atoms with Crippen molar-refractivity contribution in [1.29, 1.82) is 0 Å². The summed E-state index contributed by atoms with van der Waals surface area (Å²) in [7, 11) is 0. The molecule has 2 rings (SSSR count). The molecule has 2 heterocycles. The fourth-order valence-corrected chi connectivity index (χ4v) is 2.80. The normalized spacial score (nSPS) is 28.5. The number of nitrogens with zero attached hydrogens (tertiary/aromatic N) is 1. The first-order valence-electron chi connectivity index (χ1n) is 7.59. The quantitative estimate of drug-likeness (QED) is 0.724. The fraction of sp³-hybridized carbons (Fsp3) is 0.929. The van der Waals surface area contributed by atoms with Crippen LogP contribution in [-0.4, -0.2) is 62.8 Å². The second-order valence-electron chi connectivity index (χ2n) is 5.59. The van der Waals surface area contributed by atoms with Crippen LogP contribution in [0.1, 0.15) is 26.2 Å². The zero-order valence-corrected chi connectivity index (χ0v) is 12.0. The van der Waals surface area contributed by atoms with E-state index in [4.69, 9.17) is 4.74 Å². The number of rotatable bonds is 6. The number of amides is 1. The van der Waals surface area contributed by atoms with Gasteiger partial charge in [-0.15, -0.1) is 0 Å². The Hall–Kier alpha value is -0.650. The minimum atomic E-state index is 0.158. The molecule has 2 fully saturated rings. The van der Waals surface area contributed by atoms with E-state index in [1.54, 1.807) is 0 Å². The molecule has 2 saturated heterocycles. The van der Waals surface area contributed by atoms with E-state index in [9.17, 15) is 4.79 Å². The van der Waals surface area contributed by atoms with Crippen LogP contribution in [0.2, 0.25) is 0 Å². The van der Waals surface area contributed by atoms with E-state index in [-0.39, 0.29) is 12.0 Å². The van der Waals surface area contributed by atoms with E-state index in [1.807, 2.05) is 0 Å². The molecule has 0 aromatic carbocycles. The Balaban J connectivity index is 1.57. The van der Waals surface area contributed by atoms with Crippen LogP contribution in [0.25, 0.3) is 0 Å². The number of ether oxygens (including phenoxy) is 1. The van der Waals surface area contributed by atoms with Gasteiger partial charge in [0.15, 0.2) is 0 Å². The largest absolute Gasteiger partial charge is 0.374 e. The lowest BCUT2D eigenvalue weighted by Gasteiger charge is -2.32. The van der Waals surface area contributed by atoms with E-state index >= 15 is 0 Å². The first kappa shape index (κ1) is 14.8. The van der Waals surface area contributed by atoms with Gasteiger partial charge in [-0.05, 0) is 38.4 Å². The van der Waals surface area contributed by atoms with Gasteiger partial charge in [0.2, 0.25) is 5.91 Å². The highest BCUT2D eigenvalue weighted by atomic mass is 16.5. The minimum absolute atomic E-state index is 0.158. The first-order chi connectivity index (χ1) is 9.28. The summed E-state index contributed by atoms with van der Waals surface area (Å²) in [5, 5.41) is 6.34. The average molecular weight is 269 g/mol. The summed E-state index contributed by atoms with van der Waals surface area (Å²) < 4.78 is 5.67. The summed E-state index contributed by atoms with van der Waals surface area (Å²) in [6.07, 6.45) is 3.03. The molecule has 0 aliphatic carbocycles. The van der Waals surface area contributed by atoms with Crippen molar-refractivity contribution in [3.05, 3.63) is 0 Å². The van der Waals surface area contributed by atoms with Crippen LogP contribution >= 0.6 is 0 Å². The van der Waals surface area contributed by atoms with Gasteiger partial charge in [-0.3, -0.25) is 9.69 Å². The number of carbonyl (C=O) groups excluding carboxylic acids is 1. The standard InChI is InChI=1S/C14H27N3O2/c1-2-17-7-8-19-13(11-17)10-16-14(18)4-3-12-5-6-15-9-12/h12-13,15H,2-11H2,1H3,(H,16,18). The molecule has 2 aliphatic heterocycles. The Labute approximate surface area is 116 Å². The van der Waals surface area contributed by atoms with Crippen LogP contribution < -0.4 is 10.6 Å². The van der Waals surface area contributed by atoms with Crippen LogP contribution in [0, 0.1) is 5.92 Å².